The lowest BCUT2D eigenvalue weighted by Gasteiger charge is -2.11. The maximum Gasteiger partial charge on any atom is 0.354 e. The Bertz CT molecular complexity index is 530. The van der Waals surface area contributed by atoms with Crippen LogP contribution in [0.5, 0.6) is 0 Å². The molecule has 0 aliphatic heterocycles. The van der Waals surface area contributed by atoms with Gasteiger partial charge < -0.3 is 14.8 Å². The van der Waals surface area contributed by atoms with E-state index in [-0.39, 0.29) is 5.70 Å². The van der Waals surface area contributed by atoms with E-state index >= 15 is 0 Å². The standard InChI is InChI=1S/C12H12BrNO4S/c1-17-10(15)6-9(12(16)18-2)14-8-5-3-4-7(13)11(8)19/h3-6,14,19H,1-2H3/b9-6+. The zero-order chi connectivity index (χ0) is 14.4. The summed E-state index contributed by atoms with van der Waals surface area (Å²) in [5.74, 6) is -1.35. The molecule has 1 rings (SSSR count). The summed E-state index contributed by atoms with van der Waals surface area (Å²) < 4.78 is 9.81. The minimum Gasteiger partial charge on any atom is -0.466 e. The summed E-state index contributed by atoms with van der Waals surface area (Å²) in [6.45, 7) is 0. The lowest BCUT2D eigenvalue weighted by atomic mass is 10.3. The quantitative estimate of drug-likeness (QED) is 0.498. The summed E-state index contributed by atoms with van der Waals surface area (Å²) in [5, 5.41) is 2.78. The molecule has 0 aliphatic rings. The molecule has 0 spiro atoms. The SMILES string of the molecule is COC(=O)/C=C(/Nc1cccc(Br)c1S)C(=O)OC. The second-order valence-electron chi connectivity index (χ2n) is 3.33. The number of ether oxygens (including phenoxy) is 2. The molecule has 0 aliphatic carbocycles. The van der Waals surface area contributed by atoms with Crippen LogP contribution in [0, 0.1) is 0 Å². The van der Waals surface area contributed by atoms with E-state index in [9.17, 15) is 9.59 Å². The van der Waals surface area contributed by atoms with E-state index in [1.807, 2.05) is 0 Å². The maximum atomic E-state index is 11.6. The zero-order valence-corrected chi connectivity index (χ0v) is 12.7. The number of hydrogen-bond donors (Lipinski definition) is 2. The lowest BCUT2D eigenvalue weighted by molar-refractivity contribution is -0.138. The lowest BCUT2D eigenvalue weighted by Crippen LogP contribution is -2.15. The van der Waals surface area contributed by atoms with Crippen LogP contribution in [0.2, 0.25) is 0 Å². The second kappa shape index (κ2) is 7.20. The van der Waals surface area contributed by atoms with Gasteiger partial charge in [-0.15, -0.1) is 12.6 Å². The molecule has 102 valence electrons. The van der Waals surface area contributed by atoms with Gasteiger partial charge in [0.1, 0.15) is 5.70 Å². The van der Waals surface area contributed by atoms with Crippen LogP contribution in [0.25, 0.3) is 0 Å². The summed E-state index contributed by atoms with van der Waals surface area (Å²) in [5.41, 5.74) is 0.515. The molecule has 0 fully saturated rings. The number of carbonyl (C=O) groups is 2. The molecule has 1 aromatic rings. The average Bonchev–Trinajstić information content (AvgIpc) is 2.41. The third-order valence-corrected chi connectivity index (χ3v) is 3.57. The van der Waals surface area contributed by atoms with E-state index in [0.29, 0.717) is 10.6 Å². The second-order valence-corrected chi connectivity index (χ2v) is 4.64. The largest absolute Gasteiger partial charge is 0.466 e. The highest BCUT2D eigenvalue weighted by Gasteiger charge is 2.14. The number of nitrogens with one attached hydrogen (secondary N) is 1. The molecule has 0 bridgehead atoms. The van der Waals surface area contributed by atoms with E-state index in [0.717, 1.165) is 10.5 Å². The molecule has 0 amide bonds. The molecule has 0 radical (unpaired) electrons. The van der Waals surface area contributed by atoms with Gasteiger partial charge in [-0.05, 0) is 28.1 Å². The van der Waals surface area contributed by atoms with E-state index in [4.69, 9.17) is 0 Å². The van der Waals surface area contributed by atoms with Gasteiger partial charge in [0.25, 0.3) is 0 Å². The van der Waals surface area contributed by atoms with Crippen LogP contribution in [0.4, 0.5) is 5.69 Å². The summed E-state index contributed by atoms with van der Waals surface area (Å²) >= 11 is 7.60. The van der Waals surface area contributed by atoms with E-state index in [1.54, 1.807) is 18.2 Å². The van der Waals surface area contributed by atoms with Gasteiger partial charge in [-0.1, -0.05) is 6.07 Å². The number of benzene rings is 1. The van der Waals surface area contributed by atoms with Gasteiger partial charge in [0, 0.05) is 9.37 Å². The number of carbonyl (C=O) groups excluding carboxylic acids is 2. The van der Waals surface area contributed by atoms with Gasteiger partial charge in [0.15, 0.2) is 0 Å². The summed E-state index contributed by atoms with van der Waals surface area (Å²) in [7, 11) is 2.44. The van der Waals surface area contributed by atoms with E-state index in [2.05, 4.69) is 43.3 Å². The normalized spacial score (nSPS) is 10.8. The van der Waals surface area contributed by atoms with Crippen LogP contribution < -0.4 is 5.32 Å². The van der Waals surface area contributed by atoms with Crippen molar-refractivity contribution in [2.24, 2.45) is 0 Å². The Kier molecular flexibility index (Phi) is 5.91. The minimum absolute atomic E-state index is 0.0391. The Labute approximate surface area is 124 Å². The van der Waals surface area contributed by atoms with Crippen molar-refractivity contribution in [3.8, 4) is 0 Å². The summed E-state index contributed by atoms with van der Waals surface area (Å²) in [6.07, 6.45) is 1.01. The highest BCUT2D eigenvalue weighted by molar-refractivity contribution is 9.10. The van der Waals surface area contributed by atoms with Gasteiger partial charge in [-0.3, -0.25) is 0 Å². The third-order valence-electron chi connectivity index (χ3n) is 2.12. The summed E-state index contributed by atoms with van der Waals surface area (Å²) in [4.78, 5) is 23.4. The smallest absolute Gasteiger partial charge is 0.354 e. The van der Waals surface area contributed by atoms with Crippen molar-refractivity contribution in [1.29, 1.82) is 0 Å². The molecule has 0 atom stereocenters. The molecule has 1 aromatic carbocycles. The number of rotatable bonds is 4. The topological polar surface area (TPSA) is 64.6 Å². The van der Waals surface area contributed by atoms with Crippen LogP contribution in [0.15, 0.2) is 39.3 Å². The zero-order valence-electron chi connectivity index (χ0n) is 10.3. The molecule has 0 unspecified atom stereocenters. The van der Waals surface area contributed by atoms with Crippen LogP contribution in [0.1, 0.15) is 0 Å². The molecule has 0 heterocycles. The van der Waals surface area contributed by atoms with Gasteiger partial charge in [0.2, 0.25) is 0 Å². The van der Waals surface area contributed by atoms with E-state index < -0.39 is 11.9 Å². The van der Waals surface area contributed by atoms with Crippen LogP contribution in [0.3, 0.4) is 0 Å². The predicted octanol–water partition coefficient (Wildman–Crippen LogP) is 2.38. The van der Waals surface area contributed by atoms with Crippen LogP contribution >= 0.6 is 28.6 Å². The van der Waals surface area contributed by atoms with Crippen molar-refractivity contribution in [3.63, 3.8) is 0 Å². The molecule has 7 heteroatoms. The van der Waals surface area contributed by atoms with Crippen molar-refractivity contribution in [2.45, 2.75) is 4.90 Å². The fraction of sp³-hybridized carbons (Fsp3) is 0.167. The number of esters is 2. The van der Waals surface area contributed by atoms with Crippen LogP contribution in [-0.4, -0.2) is 26.2 Å². The van der Waals surface area contributed by atoms with Crippen molar-refractivity contribution in [2.75, 3.05) is 19.5 Å². The first-order valence-corrected chi connectivity index (χ1v) is 6.36. The molecular weight excluding hydrogens is 334 g/mol. The number of anilines is 1. The molecule has 0 saturated heterocycles. The number of methoxy groups -OCH3 is 2. The number of thiol groups is 1. The van der Waals surface area contributed by atoms with E-state index in [1.165, 1.54) is 14.2 Å². The number of hydrogen-bond acceptors (Lipinski definition) is 6. The Morgan fingerprint density at radius 3 is 2.58 bits per heavy atom. The Balaban J connectivity index is 3.08. The fourth-order valence-corrected chi connectivity index (χ4v) is 1.77. The Hall–Kier alpha value is -1.47. The fourth-order valence-electron chi connectivity index (χ4n) is 1.19. The van der Waals surface area contributed by atoms with Gasteiger partial charge in [0.05, 0.1) is 26.0 Å². The predicted molar refractivity (Wildman–Crippen MR) is 77.1 cm³/mol. The Morgan fingerprint density at radius 2 is 2.00 bits per heavy atom. The maximum absolute atomic E-state index is 11.6. The summed E-state index contributed by atoms with van der Waals surface area (Å²) in [6, 6.07) is 5.27. The highest BCUT2D eigenvalue weighted by atomic mass is 79.9. The first-order chi connectivity index (χ1) is 8.99. The van der Waals surface area contributed by atoms with Crippen molar-refractivity contribution in [1.82, 2.24) is 0 Å². The Morgan fingerprint density at radius 1 is 1.32 bits per heavy atom. The molecule has 0 aromatic heterocycles. The molecule has 0 saturated carbocycles. The molecule has 1 N–H and O–H groups in total. The van der Waals surface area contributed by atoms with Crippen molar-refractivity contribution < 1.29 is 19.1 Å². The monoisotopic (exact) mass is 345 g/mol. The van der Waals surface area contributed by atoms with Crippen molar-refractivity contribution >= 4 is 46.2 Å². The van der Waals surface area contributed by atoms with Gasteiger partial charge in [-0.25, -0.2) is 9.59 Å². The first kappa shape index (κ1) is 15.6. The van der Waals surface area contributed by atoms with Gasteiger partial charge in [-0.2, -0.15) is 0 Å². The minimum atomic E-state index is -0.682. The van der Waals surface area contributed by atoms with Crippen molar-refractivity contribution in [3.05, 3.63) is 34.4 Å². The van der Waals surface area contributed by atoms with Gasteiger partial charge >= 0.3 is 11.9 Å². The van der Waals surface area contributed by atoms with Crippen LogP contribution in [-0.2, 0) is 19.1 Å². The average molecular weight is 346 g/mol. The number of halogens is 1. The molecular formula is C12H12BrNO4S. The highest BCUT2D eigenvalue weighted by Crippen LogP contribution is 2.29. The third kappa shape index (κ3) is 4.29. The molecule has 19 heavy (non-hydrogen) atoms. The molecule has 5 nitrogen and oxygen atoms in total. The first-order valence-electron chi connectivity index (χ1n) is 5.12.